The molecule has 1 amide bonds. The average molecular weight is 389 g/mol. The predicted molar refractivity (Wildman–Crippen MR) is 102 cm³/mol. The lowest BCUT2D eigenvalue weighted by atomic mass is 9.95. The van der Waals surface area contributed by atoms with Gasteiger partial charge >= 0.3 is 0 Å². The molecule has 0 spiro atoms. The summed E-state index contributed by atoms with van der Waals surface area (Å²) in [4.78, 5) is 20.9. The molecule has 0 radical (unpaired) electrons. The van der Waals surface area contributed by atoms with Crippen LogP contribution in [0.5, 0.6) is 0 Å². The summed E-state index contributed by atoms with van der Waals surface area (Å²) in [5, 5.41) is 5.91. The third-order valence-electron chi connectivity index (χ3n) is 4.13. The Hall–Kier alpha value is -1.21. The van der Waals surface area contributed by atoms with Gasteiger partial charge in [0.1, 0.15) is 5.01 Å². The number of hydrogen-bond donors (Lipinski definition) is 2. The Kier molecular flexibility index (Phi) is 7.60. The maximum atomic E-state index is 12.3. The molecule has 8 heteroatoms. The molecule has 1 aliphatic carbocycles. The first-order valence-electron chi connectivity index (χ1n) is 7.46. The molecule has 132 valence electrons. The van der Waals surface area contributed by atoms with Gasteiger partial charge in [0.15, 0.2) is 0 Å². The van der Waals surface area contributed by atoms with Crippen molar-refractivity contribution in [2.75, 3.05) is 6.54 Å². The first kappa shape index (κ1) is 20.8. The largest absolute Gasteiger partial charge is 0.349 e. The van der Waals surface area contributed by atoms with Crippen molar-refractivity contribution in [3.8, 4) is 10.6 Å². The van der Waals surface area contributed by atoms with Crippen molar-refractivity contribution in [1.82, 2.24) is 15.3 Å². The molecule has 1 atom stereocenters. The lowest BCUT2D eigenvalue weighted by Crippen LogP contribution is -2.53. The summed E-state index contributed by atoms with van der Waals surface area (Å²) in [6, 6.07) is 3.85. The van der Waals surface area contributed by atoms with Crippen molar-refractivity contribution in [1.29, 1.82) is 0 Å². The molecule has 2 aromatic rings. The highest BCUT2D eigenvalue weighted by Gasteiger charge is 2.41. The maximum Gasteiger partial charge on any atom is 0.226 e. The molecule has 0 aromatic carbocycles. The van der Waals surface area contributed by atoms with E-state index in [9.17, 15) is 4.79 Å². The van der Waals surface area contributed by atoms with Crippen LogP contribution in [-0.2, 0) is 11.2 Å². The number of carbonyl (C=O) groups is 1. The van der Waals surface area contributed by atoms with Gasteiger partial charge in [-0.3, -0.25) is 9.78 Å². The van der Waals surface area contributed by atoms with Crippen LogP contribution in [0.15, 0.2) is 29.9 Å². The van der Waals surface area contributed by atoms with Gasteiger partial charge in [-0.25, -0.2) is 4.98 Å². The SMILES string of the molecule is CC(CN)(NC(=O)Cc1csc(-c2cccnc2)n1)C1CC1.Cl.Cl. The monoisotopic (exact) mass is 388 g/mol. The summed E-state index contributed by atoms with van der Waals surface area (Å²) in [5.41, 5.74) is 7.32. The van der Waals surface area contributed by atoms with Gasteiger partial charge in [0.25, 0.3) is 0 Å². The molecule has 1 aliphatic rings. The number of halogens is 2. The summed E-state index contributed by atoms with van der Waals surface area (Å²) >= 11 is 1.53. The zero-order valence-electron chi connectivity index (χ0n) is 13.4. The molecule has 0 bridgehead atoms. The topological polar surface area (TPSA) is 80.9 Å². The van der Waals surface area contributed by atoms with Crippen LogP contribution in [0.4, 0.5) is 0 Å². The zero-order chi connectivity index (χ0) is 15.6. The van der Waals surface area contributed by atoms with Crippen molar-refractivity contribution in [2.45, 2.75) is 31.7 Å². The molecule has 24 heavy (non-hydrogen) atoms. The van der Waals surface area contributed by atoms with Crippen LogP contribution >= 0.6 is 36.2 Å². The highest BCUT2D eigenvalue weighted by Crippen LogP contribution is 2.39. The van der Waals surface area contributed by atoms with Gasteiger partial charge in [0, 0.05) is 29.9 Å². The van der Waals surface area contributed by atoms with E-state index in [0.717, 1.165) is 29.1 Å². The first-order chi connectivity index (χ1) is 10.6. The van der Waals surface area contributed by atoms with Crippen LogP contribution < -0.4 is 11.1 Å². The Labute approximate surface area is 158 Å². The molecule has 1 unspecified atom stereocenters. The van der Waals surface area contributed by atoms with E-state index in [1.54, 1.807) is 12.4 Å². The van der Waals surface area contributed by atoms with E-state index in [1.165, 1.54) is 11.3 Å². The summed E-state index contributed by atoms with van der Waals surface area (Å²) in [6.45, 7) is 2.51. The molecular weight excluding hydrogens is 367 g/mol. The molecule has 5 nitrogen and oxygen atoms in total. The molecular formula is C16H22Cl2N4OS. The van der Waals surface area contributed by atoms with E-state index < -0.39 is 0 Å². The molecule has 0 saturated heterocycles. The fourth-order valence-electron chi connectivity index (χ4n) is 2.58. The predicted octanol–water partition coefficient (Wildman–Crippen LogP) is 2.83. The lowest BCUT2D eigenvalue weighted by Gasteiger charge is -2.29. The Balaban J connectivity index is 0.00000144. The van der Waals surface area contributed by atoms with Gasteiger partial charge < -0.3 is 11.1 Å². The number of carbonyl (C=O) groups excluding carboxylic acids is 1. The van der Waals surface area contributed by atoms with Crippen LogP contribution in [0.1, 0.15) is 25.5 Å². The van der Waals surface area contributed by atoms with E-state index in [0.29, 0.717) is 18.9 Å². The third kappa shape index (κ3) is 4.89. The smallest absolute Gasteiger partial charge is 0.226 e. The van der Waals surface area contributed by atoms with Gasteiger partial charge in [-0.05, 0) is 37.8 Å². The van der Waals surface area contributed by atoms with Gasteiger partial charge in [0.05, 0.1) is 17.7 Å². The van der Waals surface area contributed by atoms with Crippen LogP contribution in [-0.4, -0.2) is 28.0 Å². The zero-order valence-corrected chi connectivity index (χ0v) is 15.8. The Morgan fingerprint density at radius 1 is 1.46 bits per heavy atom. The van der Waals surface area contributed by atoms with E-state index in [1.807, 2.05) is 24.4 Å². The molecule has 1 fully saturated rings. The van der Waals surface area contributed by atoms with Gasteiger partial charge in [-0.1, -0.05) is 0 Å². The Bertz CT molecular complexity index is 663. The second kappa shape index (κ2) is 8.76. The molecule has 3 N–H and O–H groups in total. The quantitative estimate of drug-likeness (QED) is 0.796. The van der Waals surface area contributed by atoms with E-state index >= 15 is 0 Å². The van der Waals surface area contributed by atoms with Crippen LogP contribution in [0.2, 0.25) is 0 Å². The molecule has 2 aromatic heterocycles. The number of nitrogens with two attached hydrogens (primary N) is 1. The van der Waals surface area contributed by atoms with Crippen molar-refractivity contribution in [3.63, 3.8) is 0 Å². The summed E-state index contributed by atoms with van der Waals surface area (Å²) in [6.07, 6.45) is 6.10. The lowest BCUT2D eigenvalue weighted by molar-refractivity contribution is -0.122. The summed E-state index contributed by atoms with van der Waals surface area (Å²) < 4.78 is 0. The number of thiazole rings is 1. The normalized spacial score (nSPS) is 15.6. The number of rotatable bonds is 6. The number of nitrogens with zero attached hydrogens (tertiary/aromatic N) is 2. The molecule has 3 rings (SSSR count). The second-order valence-electron chi connectivity index (χ2n) is 6.01. The minimum absolute atomic E-state index is 0. The first-order valence-corrected chi connectivity index (χ1v) is 8.34. The maximum absolute atomic E-state index is 12.3. The summed E-state index contributed by atoms with van der Waals surface area (Å²) in [7, 11) is 0. The van der Waals surface area contributed by atoms with Gasteiger partial charge in [-0.15, -0.1) is 36.2 Å². The van der Waals surface area contributed by atoms with E-state index in [2.05, 4.69) is 15.3 Å². The number of amides is 1. The highest BCUT2D eigenvalue weighted by atomic mass is 35.5. The van der Waals surface area contributed by atoms with Crippen LogP contribution in [0.25, 0.3) is 10.6 Å². The van der Waals surface area contributed by atoms with Crippen molar-refractivity contribution in [2.24, 2.45) is 11.7 Å². The minimum Gasteiger partial charge on any atom is -0.349 e. The van der Waals surface area contributed by atoms with E-state index in [-0.39, 0.29) is 36.3 Å². The Morgan fingerprint density at radius 3 is 2.79 bits per heavy atom. The second-order valence-corrected chi connectivity index (χ2v) is 6.86. The minimum atomic E-state index is -0.278. The van der Waals surface area contributed by atoms with Crippen molar-refractivity contribution in [3.05, 3.63) is 35.6 Å². The molecule has 1 saturated carbocycles. The fraction of sp³-hybridized carbons (Fsp3) is 0.438. The van der Waals surface area contributed by atoms with Crippen LogP contribution in [0, 0.1) is 5.92 Å². The average Bonchev–Trinajstić information content (AvgIpc) is 3.29. The number of hydrogen-bond acceptors (Lipinski definition) is 5. The number of pyridine rings is 1. The van der Waals surface area contributed by atoms with Crippen molar-refractivity contribution < 1.29 is 4.79 Å². The van der Waals surface area contributed by atoms with Gasteiger partial charge in [0.2, 0.25) is 5.91 Å². The number of aromatic nitrogens is 2. The van der Waals surface area contributed by atoms with E-state index in [4.69, 9.17) is 5.73 Å². The van der Waals surface area contributed by atoms with Gasteiger partial charge in [-0.2, -0.15) is 0 Å². The Morgan fingerprint density at radius 2 is 2.21 bits per heavy atom. The standard InChI is InChI=1S/C16H20N4OS.2ClH/c1-16(10-17,12-4-5-12)20-14(21)7-13-9-22-15(19-13)11-3-2-6-18-8-11;;/h2-3,6,8-9,12H,4-5,7,10,17H2,1H3,(H,20,21);2*1H. The molecule has 2 heterocycles. The highest BCUT2D eigenvalue weighted by molar-refractivity contribution is 7.13. The third-order valence-corrected chi connectivity index (χ3v) is 5.07. The molecule has 0 aliphatic heterocycles. The fourth-order valence-corrected chi connectivity index (χ4v) is 3.39. The summed E-state index contributed by atoms with van der Waals surface area (Å²) in [5.74, 6) is 0.505. The van der Waals surface area contributed by atoms with Crippen LogP contribution in [0.3, 0.4) is 0 Å². The van der Waals surface area contributed by atoms with Crippen molar-refractivity contribution >= 4 is 42.1 Å². The number of nitrogens with one attached hydrogen (secondary N) is 1.